The van der Waals surface area contributed by atoms with E-state index >= 15 is 0 Å². The molecule has 1 fully saturated rings. The number of carbonyl (C=O) groups is 2. The predicted octanol–water partition coefficient (Wildman–Crippen LogP) is 4.06. The fourth-order valence-corrected chi connectivity index (χ4v) is 4.04. The molecule has 7 nitrogen and oxygen atoms in total. The molecule has 3 aromatic rings. The maximum absolute atomic E-state index is 13.6. The van der Waals surface area contributed by atoms with Crippen molar-refractivity contribution in [1.29, 1.82) is 0 Å². The third-order valence-electron chi connectivity index (χ3n) is 5.87. The van der Waals surface area contributed by atoms with Crippen molar-refractivity contribution in [2.24, 2.45) is 0 Å². The minimum Gasteiger partial charge on any atom is -0.368 e. The lowest BCUT2D eigenvalue weighted by molar-refractivity contribution is 0.0706. The van der Waals surface area contributed by atoms with Crippen LogP contribution in [0, 0.1) is 6.92 Å². The Morgan fingerprint density at radius 1 is 0.909 bits per heavy atom. The van der Waals surface area contributed by atoms with E-state index in [4.69, 9.17) is 5.21 Å². The van der Waals surface area contributed by atoms with Crippen LogP contribution in [0.2, 0.25) is 0 Å². The molecule has 1 aliphatic rings. The second-order valence-electron chi connectivity index (χ2n) is 8.16. The first kappa shape index (κ1) is 22.4. The molecule has 0 aliphatic carbocycles. The van der Waals surface area contributed by atoms with Gasteiger partial charge in [-0.1, -0.05) is 42.5 Å². The third kappa shape index (κ3) is 5.32. The number of hydrogen-bond donors (Lipinski definition) is 2. The number of nitrogens with zero attached hydrogens (tertiary/aromatic N) is 3. The second kappa shape index (κ2) is 10.2. The molecule has 0 atom stereocenters. The van der Waals surface area contributed by atoms with Gasteiger partial charge in [0.05, 0.1) is 6.54 Å². The Bertz CT molecular complexity index is 1090. The van der Waals surface area contributed by atoms with Gasteiger partial charge in [0.1, 0.15) is 0 Å². The van der Waals surface area contributed by atoms with Gasteiger partial charge in [0.2, 0.25) is 0 Å². The molecule has 0 saturated carbocycles. The van der Waals surface area contributed by atoms with Crippen molar-refractivity contribution in [2.45, 2.75) is 13.5 Å². The van der Waals surface area contributed by atoms with E-state index in [-0.39, 0.29) is 6.03 Å². The molecule has 0 bridgehead atoms. The predicted molar refractivity (Wildman–Crippen MR) is 129 cm³/mol. The first-order valence-electron chi connectivity index (χ1n) is 11.0. The van der Waals surface area contributed by atoms with E-state index in [0.29, 0.717) is 25.2 Å². The normalized spacial score (nSPS) is 13.5. The number of urea groups is 1. The molecule has 7 heteroatoms. The topological polar surface area (TPSA) is 76.1 Å². The zero-order valence-corrected chi connectivity index (χ0v) is 18.6. The van der Waals surface area contributed by atoms with Gasteiger partial charge in [-0.05, 0) is 54.4 Å². The number of aryl methyl sites for hydroxylation is 1. The Hall–Kier alpha value is -3.84. The van der Waals surface area contributed by atoms with Crippen LogP contribution in [-0.2, 0) is 6.54 Å². The molecule has 3 aromatic carbocycles. The quantitative estimate of drug-likeness (QED) is 0.460. The van der Waals surface area contributed by atoms with Gasteiger partial charge in [-0.15, -0.1) is 0 Å². The number of rotatable bonds is 5. The number of anilines is 2. The van der Waals surface area contributed by atoms with Gasteiger partial charge in [-0.25, -0.2) is 10.3 Å². The number of para-hydroxylation sites is 1. The summed E-state index contributed by atoms with van der Waals surface area (Å²) in [5.74, 6) is -0.565. The first-order chi connectivity index (χ1) is 16.0. The molecule has 0 spiro atoms. The lowest BCUT2D eigenvalue weighted by atomic mass is 10.1. The molecule has 4 rings (SSSR count). The number of piperazine rings is 1. The van der Waals surface area contributed by atoms with Gasteiger partial charge in [-0.2, -0.15) is 0 Å². The van der Waals surface area contributed by atoms with Crippen molar-refractivity contribution >= 4 is 23.3 Å². The van der Waals surface area contributed by atoms with Crippen LogP contribution in [0.1, 0.15) is 21.5 Å². The van der Waals surface area contributed by atoms with Crippen molar-refractivity contribution in [1.82, 2.24) is 10.4 Å². The molecule has 1 saturated heterocycles. The molecule has 3 amide bonds. The highest BCUT2D eigenvalue weighted by atomic mass is 16.5. The fraction of sp³-hybridized carbons (Fsp3) is 0.231. The molecule has 1 heterocycles. The zero-order valence-electron chi connectivity index (χ0n) is 18.6. The summed E-state index contributed by atoms with van der Waals surface area (Å²) in [6.45, 7) is 5.23. The first-order valence-corrected chi connectivity index (χ1v) is 11.0. The van der Waals surface area contributed by atoms with Crippen LogP contribution in [0.15, 0.2) is 78.9 Å². The molecule has 1 aliphatic heterocycles. The Morgan fingerprint density at radius 3 is 2.24 bits per heavy atom. The van der Waals surface area contributed by atoms with E-state index in [1.54, 1.807) is 34.6 Å². The third-order valence-corrected chi connectivity index (χ3v) is 5.87. The van der Waals surface area contributed by atoms with Gasteiger partial charge in [-0.3, -0.25) is 14.9 Å². The summed E-state index contributed by atoms with van der Waals surface area (Å²) in [5, 5.41) is 8.82. The van der Waals surface area contributed by atoms with Crippen molar-refractivity contribution < 1.29 is 14.8 Å². The van der Waals surface area contributed by atoms with Crippen LogP contribution < -0.4 is 15.3 Å². The van der Waals surface area contributed by atoms with Crippen LogP contribution in [0.3, 0.4) is 0 Å². The Kier molecular flexibility index (Phi) is 6.90. The average molecular weight is 445 g/mol. The largest absolute Gasteiger partial charge is 0.368 e. The summed E-state index contributed by atoms with van der Waals surface area (Å²) >= 11 is 0. The highest BCUT2D eigenvalue weighted by Gasteiger charge is 2.26. The lowest BCUT2D eigenvalue weighted by Gasteiger charge is -2.38. The average Bonchev–Trinajstić information content (AvgIpc) is 2.87. The summed E-state index contributed by atoms with van der Waals surface area (Å²) < 4.78 is 0. The lowest BCUT2D eigenvalue weighted by Crippen LogP contribution is -2.53. The van der Waals surface area contributed by atoms with Crippen molar-refractivity contribution in [3.8, 4) is 0 Å². The smallest absolute Gasteiger partial charge is 0.324 e. The summed E-state index contributed by atoms with van der Waals surface area (Å²) in [6, 6.07) is 25.0. The summed E-state index contributed by atoms with van der Waals surface area (Å²) in [4.78, 5) is 31.2. The molecule has 0 unspecified atom stereocenters. The number of benzene rings is 3. The fourth-order valence-electron chi connectivity index (χ4n) is 4.04. The van der Waals surface area contributed by atoms with Crippen LogP contribution in [0.4, 0.5) is 16.2 Å². The van der Waals surface area contributed by atoms with Gasteiger partial charge in [0.25, 0.3) is 5.91 Å². The van der Waals surface area contributed by atoms with Crippen molar-refractivity contribution in [3.63, 3.8) is 0 Å². The Balaban J connectivity index is 1.51. The van der Waals surface area contributed by atoms with Crippen LogP contribution >= 0.6 is 0 Å². The minimum atomic E-state index is -0.565. The number of nitrogens with one attached hydrogen (secondary N) is 1. The van der Waals surface area contributed by atoms with E-state index in [9.17, 15) is 9.59 Å². The number of amides is 3. The molecule has 33 heavy (non-hydrogen) atoms. The SMILES string of the molecule is Cc1cccc(N(Cc2ccc(C(=O)NO)cc2)C(=O)N2CCN(c3ccccc3)CC2)c1. The minimum absolute atomic E-state index is 0.0366. The summed E-state index contributed by atoms with van der Waals surface area (Å²) in [6.07, 6.45) is 0. The number of hydrogen-bond acceptors (Lipinski definition) is 4. The highest BCUT2D eigenvalue weighted by Crippen LogP contribution is 2.23. The van der Waals surface area contributed by atoms with E-state index in [1.165, 1.54) is 5.69 Å². The maximum atomic E-state index is 13.6. The highest BCUT2D eigenvalue weighted by molar-refractivity contribution is 5.94. The monoisotopic (exact) mass is 444 g/mol. The molecule has 170 valence electrons. The standard InChI is InChI=1S/C26H28N4O3/c1-20-6-5-9-24(18-20)30(19-21-10-12-22(13-11-21)25(31)27-33)26(32)29-16-14-28(15-17-29)23-7-3-2-4-8-23/h2-13,18,33H,14-17,19H2,1H3,(H,27,31). The summed E-state index contributed by atoms with van der Waals surface area (Å²) in [5.41, 5.74) is 5.97. The van der Waals surface area contributed by atoms with Crippen molar-refractivity contribution in [2.75, 3.05) is 36.0 Å². The van der Waals surface area contributed by atoms with E-state index < -0.39 is 5.91 Å². The van der Waals surface area contributed by atoms with Gasteiger partial charge < -0.3 is 9.80 Å². The van der Waals surface area contributed by atoms with Gasteiger partial charge in [0.15, 0.2) is 0 Å². The van der Waals surface area contributed by atoms with Crippen LogP contribution in [-0.4, -0.2) is 48.2 Å². The molecule has 0 aromatic heterocycles. The molecular formula is C26H28N4O3. The van der Waals surface area contributed by atoms with Crippen LogP contribution in [0.25, 0.3) is 0 Å². The zero-order chi connectivity index (χ0) is 23.2. The van der Waals surface area contributed by atoms with Crippen LogP contribution in [0.5, 0.6) is 0 Å². The van der Waals surface area contributed by atoms with Gasteiger partial charge >= 0.3 is 6.03 Å². The van der Waals surface area contributed by atoms with Crippen molar-refractivity contribution in [3.05, 3.63) is 95.6 Å². The van der Waals surface area contributed by atoms with E-state index in [1.807, 2.05) is 54.3 Å². The Morgan fingerprint density at radius 2 is 1.61 bits per heavy atom. The Labute approximate surface area is 193 Å². The number of hydroxylamine groups is 1. The molecule has 2 N–H and O–H groups in total. The van der Waals surface area contributed by atoms with E-state index in [0.717, 1.165) is 29.9 Å². The summed E-state index contributed by atoms with van der Waals surface area (Å²) in [7, 11) is 0. The molecular weight excluding hydrogens is 416 g/mol. The second-order valence-corrected chi connectivity index (χ2v) is 8.16. The number of carbonyl (C=O) groups excluding carboxylic acids is 2. The van der Waals surface area contributed by atoms with E-state index in [2.05, 4.69) is 17.0 Å². The molecule has 0 radical (unpaired) electrons. The van der Waals surface area contributed by atoms with Gasteiger partial charge in [0, 0.05) is 43.1 Å². The maximum Gasteiger partial charge on any atom is 0.324 e.